The van der Waals surface area contributed by atoms with Crippen molar-refractivity contribution < 1.29 is 27.9 Å². The predicted octanol–water partition coefficient (Wildman–Crippen LogP) is -0.0896. The van der Waals surface area contributed by atoms with Crippen LogP contribution < -0.4 is 5.32 Å². The van der Waals surface area contributed by atoms with Gasteiger partial charge in [-0.15, -0.1) is 0 Å². The second kappa shape index (κ2) is 7.07. The Morgan fingerprint density at radius 3 is 2.30 bits per heavy atom. The van der Waals surface area contributed by atoms with Gasteiger partial charge in [-0.3, -0.25) is 9.59 Å². The van der Waals surface area contributed by atoms with Crippen molar-refractivity contribution in [2.24, 2.45) is 0 Å². The Labute approximate surface area is 134 Å². The number of rotatable bonds is 5. The third-order valence-corrected chi connectivity index (χ3v) is 5.36. The van der Waals surface area contributed by atoms with Crippen molar-refractivity contribution in [2.45, 2.75) is 17.9 Å². The highest BCUT2D eigenvalue weighted by Crippen LogP contribution is 2.17. The van der Waals surface area contributed by atoms with Gasteiger partial charge in [0.15, 0.2) is 0 Å². The SMILES string of the molecule is C[C@@H](NC(=O)c1ccc(S(=O)(=O)N2CCOCC2)cc1)C(=O)O. The number of amides is 1. The van der Waals surface area contributed by atoms with E-state index < -0.39 is 27.9 Å². The maximum atomic E-state index is 12.4. The quantitative estimate of drug-likeness (QED) is 0.773. The van der Waals surface area contributed by atoms with Crippen LogP contribution in [0.15, 0.2) is 29.2 Å². The number of carboxylic acids is 1. The van der Waals surface area contributed by atoms with Crippen LogP contribution >= 0.6 is 0 Å². The Kier molecular flexibility index (Phi) is 5.34. The fourth-order valence-electron chi connectivity index (χ4n) is 2.06. The van der Waals surface area contributed by atoms with Gasteiger partial charge in [0.1, 0.15) is 6.04 Å². The van der Waals surface area contributed by atoms with Crippen LogP contribution in [-0.4, -0.2) is 62.1 Å². The molecule has 1 aromatic carbocycles. The summed E-state index contributed by atoms with van der Waals surface area (Å²) in [6.45, 7) is 2.64. The maximum Gasteiger partial charge on any atom is 0.325 e. The molecule has 1 aromatic rings. The first kappa shape index (κ1) is 17.4. The van der Waals surface area contributed by atoms with Gasteiger partial charge in [0.2, 0.25) is 10.0 Å². The molecule has 0 unspecified atom stereocenters. The average Bonchev–Trinajstić information content (AvgIpc) is 2.55. The Morgan fingerprint density at radius 1 is 1.22 bits per heavy atom. The number of benzene rings is 1. The Balaban J connectivity index is 2.12. The zero-order chi connectivity index (χ0) is 17.0. The van der Waals surface area contributed by atoms with Crippen molar-refractivity contribution in [2.75, 3.05) is 26.3 Å². The summed E-state index contributed by atoms with van der Waals surface area (Å²) in [4.78, 5) is 22.7. The minimum Gasteiger partial charge on any atom is -0.480 e. The van der Waals surface area contributed by atoms with Crippen molar-refractivity contribution in [3.05, 3.63) is 29.8 Å². The predicted molar refractivity (Wildman–Crippen MR) is 80.6 cm³/mol. The van der Waals surface area contributed by atoms with Crippen LogP contribution in [0.4, 0.5) is 0 Å². The van der Waals surface area contributed by atoms with E-state index >= 15 is 0 Å². The fourth-order valence-corrected chi connectivity index (χ4v) is 3.46. The van der Waals surface area contributed by atoms with Gasteiger partial charge in [-0.2, -0.15) is 4.31 Å². The average molecular weight is 342 g/mol. The van der Waals surface area contributed by atoms with E-state index in [1.54, 1.807) is 0 Å². The first-order valence-electron chi connectivity index (χ1n) is 7.04. The van der Waals surface area contributed by atoms with Gasteiger partial charge >= 0.3 is 5.97 Å². The standard InChI is InChI=1S/C14H18N2O6S/c1-10(14(18)19)15-13(17)11-2-4-12(5-3-11)23(20,21)16-6-8-22-9-7-16/h2-5,10H,6-9H2,1H3,(H,15,17)(H,18,19)/t10-/m1/s1. The van der Waals surface area contributed by atoms with E-state index in [1.165, 1.54) is 35.5 Å². The molecule has 2 N–H and O–H groups in total. The summed E-state index contributed by atoms with van der Waals surface area (Å²) in [6, 6.07) is 4.37. The molecule has 8 nitrogen and oxygen atoms in total. The summed E-state index contributed by atoms with van der Waals surface area (Å²) in [6.07, 6.45) is 0. The molecule has 1 saturated heterocycles. The van der Waals surface area contributed by atoms with Gasteiger partial charge in [-0.05, 0) is 31.2 Å². The number of nitrogens with zero attached hydrogens (tertiary/aromatic N) is 1. The van der Waals surface area contributed by atoms with Crippen LogP contribution in [-0.2, 0) is 19.6 Å². The van der Waals surface area contributed by atoms with Crippen LogP contribution in [0, 0.1) is 0 Å². The number of morpholine rings is 1. The Hall–Kier alpha value is -1.97. The lowest BCUT2D eigenvalue weighted by atomic mass is 10.2. The number of aliphatic carboxylic acids is 1. The van der Waals surface area contributed by atoms with Gasteiger partial charge in [-0.1, -0.05) is 0 Å². The van der Waals surface area contributed by atoms with Crippen LogP contribution in [0.2, 0.25) is 0 Å². The first-order valence-corrected chi connectivity index (χ1v) is 8.48. The lowest BCUT2D eigenvalue weighted by Gasteiger charge is -2.26. The van der Waals surface area contributed by atoms with E-state index in [0.29, 0.717) is 26.3 Å². The molecule has 2 rings (SSSR count). The summed E-state index contributed by atoms with van der Waals surface area (Å²) in [5.41, 5.74) is 0.194. The summed E-state index contributed by atoms with van der Waals surface area (Å²) in [5.74, 6) is -1.72. The van der Waals surface area contributed by atoms with E-state index in [9.17, 15) is 18.0 Å². The van der Waals surface area contributed by atoms with Gasteiger partial charge in [0.05, 0.1) is 18.1 Å². The van der Waals surface area contributed by atoms with Gasteiger partial charge in [-0.25, -0.2) is 8.42 Å². The number of ether oxygens (including phenoxy) is 1. The maximum absolute atomic E-state index is 12.4. The summed E-state index contributed by atoms with van der Waals surface area (Å²) < 4.78 is 31.3. The molecule has 1 amide bonds. The number of hydrogen-bond donors (Lipinski definition) is 2. The Bertz CT molecular complexity index is 680. The lowest BCUT2D eigenvalue weighted by Crippen LogP contribution is -2.40. The molecular weight excluding hydrogens is 324 g/mol. The lowest BCUT2D eigenvalue weighted by molar-refractivity contribution is -0.138. The molecule has 0 aliphatic carbocycles. The second-order valence-corrected chi connectivity index (χ2v) is 7.01. The third-order valence-electron chi connectivity index (χ3n) is 3.44. The van der Waals surface area contributed by atoms with Crippen LogP contribution in [0.3, 0.4) is 0 Å². The molecule has 23 heavy (non-hydrogen) atoms. The smallest absolute Gasteiger partial charge is 0.325 e. The molecule has 126 valence electrons. The van der Waals surface area contributed by atoms with Crippen molar-refractivity contribution in [3.8, 4) is 0 Å². The highest BCUT2D eigenvalue weighted by molar-refractivity contribution is 7.89. The molecule has 1 aliphatic rings. The molecule has 0 spiro atoms. The van der Waals surface area contributed by atoms with E-state index in [4.69, 9.17) is 9.84 Å². The number of carbonyl (C=O) groups excluding carboxylic acids is 1. The topological polar surface area (TPSA) is 113 Å². The van der Waals surface area contributed by atoms with Crippen molar-refractivity contribution in [1.82, 2.24) is 9.62 Å². The summed E-state index contributed by atoms with van der Waals surface area (Å²) in [7, 11) is -3.61. The minimum absolute atomic E-state index is 0.0854. The zero-order valence-corrected chi connectivity index (χ0v) is 13.4. The van der Waals surface area contributed by atoms with Gasteiger partial charge in [0.25, 0.3) is 5.91 Å². The molecule has 1 aliphatic heterocycles. The van der Waals surface area contributed by atoms with E-state index in [1.807, 2.05) is 0 Å². The van der Waals surface area contributed by atoms with Crippen LogP contribution in [0.5, 0.6) is 0 Å². The fraction of sp³-hybridized carbons (Fsp3) is 0.429. The largest absolute Gasteiger partial charge is 0.480 e. The normalized spacial score (nSPS) is 17.4. The third kappa shape index (κ3) is 4.06. The van der Waals surface area contributed by atoms with E-state index in [-0.39, 0.29) is 10.5 Å². The molecular formula is C14H18N2O6S. The second-order valence-electron chi connectivity index (χ2n) is 5.07. The first-order chi connectivity index (χ1) is 10.8. The van der Waals surface area contributed by atoms with Crippen LogP contribution in [0.1, 0.15) is 17.3 Å². The van der Waals surface area contributed by atoms with E-state index in [0.717, 1.165) is 0 Å². The molecule has 0 aromatic heterocycles. The zero-order valence-electron chi connectivity index (χ0n) is 12.6. The summed E-state index contributed by atoms with van der Waals surface area (Å²) >= 11 is 0. The molecule has 0 saturated carbocycles. The summed E-state index contributed by atoms with van der Waals surface area (Å²) in [5, 5.41) is 11.1. The van der Waals surface area contributed by atoms with Crippen molar-refractivity contribution in [1.29, 1.82) is 0 Å². The number of carbonyl (C=O) groups is 2. The molecule has 0 bridgehead atoms. The minimum atomic E-state index is -3.61. The molecule has 1 heterocycles. The van der Waals surface area contributed by atoms with Crippen molar-refractivity contribution in [3.63, 3.8) is 0 Å². The van der Waals surface area contributed by atoms with Gasteiger partial charge < -0.3 is 15.2 Å². The number of sulfonamides is 1. The Morgan fingerprint density at radius 2 is 1.78 bits per heavy atom. The van der Waals surface area contributed by atoms with Crippen LogP contribution in [0.25, 0.3) is 0 Å². The highest BCUT2D eigenvalue weighted by Gasteiger charge is 2.26. The van der Waals surface area contributed by atoms with Gasteiger partial charge in [0, 0.05) is 18.7 Å². The molecule has 9 heteroatoms. The number of hydrogen-bond acceptors (Lipinski definition) is 5. The molecule has 1 atom stereocenters. The number of carboxylic acid groups (broad SMARTS) is 1. The molecule has 1 fully saturated rings. The van der Waals surface area contributed by atoms with Crippen molar-refractivity contribution >= 4 is 21.9 Å². The highest BCUT2D eigenvalue weighted by atomic mass is 32.2. The molecule has 0 radical (unpaired) electrons. The van der Waals surface area contributed by atoms with E-state index in [2.05, 4.69) is 5.32 Å². The monoisotopic (exact) mass is 342 g/mol. The number of nitrogens with one attached hydrogen (secondary N) is 1.